The number of anilines is 2. The highest BCUT2D eigenvalue weighted by molar-refractivity contribution is 6.45. The minimum atomic E-state index is -2.59. The van der Waals surface area contributed by atoms with E-state index in [1.165, 1.54) is 0 Å². The second kappa shape index (κ2) is 10.5. The number of hydrogen-bond acceptors (Lipinski definition) is 4. The molecule has 7 aromatic carbocycles. The molecule has 0 saturated carbocycles. The van der Waals surface area contributed by atoms with Gasteiger partial charge in [0, 0.05) is 43.4 Å². The molecular formula is C36H6F12N2O4. The van der Waals surface area contributed by atoms with Gasteiger partial charge in [-0.05, 0) is 35.0 Å². The Morgan fingerprint density at radius 1 is 0.315 bits per heavy atom. The predicted octanol–water partition coefficient (Wildman–Crippen LogP) is 9.01. The van der Waals surface area contributed by atoms with Gasteiger partial charge in [-0.25, -0.2) is 62.5 Å². The van der Waals surface area contributed by atoms with Gasteiger partial charge in [-0.3, -0.25) is 19.2 Å². The number of nitrogens with zero attached hydrogens (tertiary/aromatic N) is 2. The molecule has 0 bridgehead atoms. The number of amides is 4. The third-order valence-electron chi connectivity index (χ3n) is 9.56. The summed E-state index contributed by atoms with van der Waals surface area (Å²) >= 11 is 0. The smallest absolute Gasteiger partial charge is 0.266 e. The fraction of sp³-hybridized carbons (Fsp3) is 0. The zero-order valence-corrected chi connectivity index (χ0v) is 25.5. The molecule has 54 heavy (non-hydrogen) atoms. The maximum absolute atomic E-state index is 16.3. The Hall–Kier alpha value is -6.72. The van der Waals surface area contributed by atoms with Gasteiger partial charge in [0.25, 0.3) is 23.6 Å². The molecule has 268 valence electrons. The second-order valence-electron chi connectivity index (χ2n) is 12.1. The van der Waals surface area contributed by atoms with Gasteiger partial charge in [0.2, 0.25) is 11.6 Å². The summed E-state index contributed by atoms with van der Waals surface area (Å²) in [6.07, 6.45) is 0. The second-order valence-corrected chi connectivity index (χ2v) is 12.1. The molecule has 0 unspecified atom stereocenters. The third-order valence-corrected chi connectivity index (χ3v) is 9.56. The fourth-order valence-electron chi connectivity index (χ4n) is 7.35. The van der Waals surface area contributed by atoms with Gasteiger partial charge in [-0.15, -0.1) is 0 Å². The van der Waals surface area contributed by atoms with Crippen molar-refractivity contribution in [3.05, 3.63) is 128 Å². The number of carbonyl (C=O) groups excluding carboxylic acids is 4. The predicted molar refractivity (Wildman–Crippen MR) is 162 cm³/mol. The Balaban J connectivity index is 1.34. The van der Waals surface area contributed by atoms with Crippen LogP contribution in [0.3, 0.4) is 0 Å². The lowest BCUT2D eigenvalue weighted by molar-refractivity contribution is 0.0874. The summed E-state index contributed by atoms with van der Waals surface area (Å²) in [7, 11) is 0. The lowest BCUT2D eigenvalue weighted by Gasteiger charge is -2.30. The Bertz CT molecular complexity index is 2810. The van der Waals surface area contributed by atoms with Crippen molar-refractivity contribution in [1.82, 2.24) is 0 Å². The molecule has 9 rings (SSSR count). The molecular weight excluding hydrogens is 752 g/mol. The molecule has 18 heteroatoms. The summed E-state index contributed by atoms with van der Waals surface area (Å²) in [5.41, 5.74) is -6.83. The van der Waals surface area contributed by atoms with Gasteiger partial charge >= 0.3 is 0 Å². The minimum absolute atomic E-state index is 0.300. The number of rotatable bonds is 2. The first-order chi connectivity index (χ1) is 25.5. The van der Waals surface area contributed by atoms with E-state index in [-0.39, 0.29) is 31.3 Å². The Morgan fingerprint density at radius 3 is 0.907 bits per heavy atom. The van der Waals surface area contributed by atoms with Crippen LogP contribution in [0.5, 0.6) is 0 Å². The maximum Gasteiger partial charge on any atom is 0.266 e. The first-order valence-corrected chi connectivity index (χ1v) is 14.9. The van der Waals surface area contributed by atoms with E-state index in [2.05, 4.69) is 0 Å². The van der Waals surface area contributed by atoms with Crippen molar-refractivity contribution in [3.63, 3.8) is 0 Å². The van der Waals surface area contributed by atoms with E-state index in [0.29, 0.717) is 12.1 Å². The van der Waals surface area contributed by atoms with E-state index in [0.717, 1.165) is 24.3 Å². The Labute approximate surface area is 288 Å². The standard InChI is InChI=1S/C36H6F12N2O4/c37-13-5-12-16-10(34(52)50(36(12)54)32-29(47)25(43)22(40)26(44)30(32)48)4-2-8-18-14(38)6-11-15-9(3-1-7(19(15)18)17(13)20(8)16)33(51)49(35(11)53)31-27(45)23(41)21(39)24(42)28(31)46/h1-6H. The number of fused-ring (bicyclic) bond motifs is 2. The first kappa shape index (κ1) is 33.1. The van der Waals surface area contributed by atoms with E-state index in [9.17, 15) is 63.1 Å². The highest BCUT2D eigenvalue weighted by Crippen LogP contribution is 2.49. The summed E-state index contributed by atoms with van der Waals surface area (Å²) in [6, 6.07) is 4.63. The van der Waals surface area contributed by atoms with E-state index in [4.69, 9.17) is 0 Å². The summed E-state index contributed by atoms with van der Waals surface area (Å²) in [5.74, 6) is -34.8. The molecule has 4 amide bonds. The van der Waals surface area contributed by atoms with Crippen molar-refractivity contribution in [2.24, 2.45) is 0 Å². The summed E-state index contributed by atoms with van der Waals surface area (Å²) < 4.78 is 176. The first-order valence-electron chi connectivity index (χ1n) is 14.9. The average Bonchev–Trinajstić information content (AvgIpc) is 3.15. The highest BCUT2D eigenvalue weighted by Gasteiger charge is 2.44. The van der Waals surface area contributed by atoms with Crippen LogP contribution in [-0.4, -0.2) is 23.6 Å². The number of benzene rings is 7. The average molecular weight is 758 g/mol. The third kappa shape index (κ3) is 3.68. The quantitative estimate of drug-likeness (QED) is 0.0441. The van der Waals surface area contributed by atoms with Gasteiger partial charge in [0.1, 0.15) is 23.0 Å². The molecule has 0 aliphatic carbocycles. The van der Waals surface area contributed by atoms with Crippen molar-refractivity contribution in [2.75, 3.05) is 9.80 Å². The van der Waals surface area contributed by atoms with Crippen LogP contribution in [0.25, 0.3) is 43.1 Å². The van der Waals surface area contributed by atoms with Crippen LogP contribution in [0.2, 0.25) is 0 Å². The topological polar surface area (TPSA) is 74.8 Å². The molecule has 2 aliphatic heterocycles. The monoisotopic (exact) mass is 758 g/mol. The summed E-state index contributed by atoms with van der Waals surface area (Å²) in [4.78, 5) is 53.9. The molecule has 0 N–H and O–H groups in total. The fourth-order valence-corrected chi connectivity index (χ4v) is 7.35. The lowest BCUT2D eigenvalue weighted by Crippen LogP contribution is -2.42. The highest BCUT2D eigenvalue weighted by atomic mass is 19.2. The van der Waals surface area contributed by atoms with E-state index < -0.39 is 149 Å². The van der Waals surface area contributed by atoms with Crippen LogP contribution < -0.4 is 9.80 Å². The molecule has 0 saturated heterocycles. The van der Waals surface area contributed by atoms with Gasteiger partial charge in [0.05, 0.1) is 11.1 Å². The zero-order valence-electron chi connectivity index (χ0n) is 25.5. The van der Waals surface area contributed by atoms with E-state index in [1.807, 2.05) is 0 Å². The molecule has 2 heterocycles. The number of carbonyl (C=O) groups is 4. The van der Waals surface area contributed by atoms with Crippen LogP contribution in [0.1, 0.15) is 41.4 Å². The zero-order chi connectivity index (χ0) is 38.7. The van der Waals surface area contributed by atoms with Crippen molar-refractivity contribution in [1.29, 1.82) is 0 Å². The van der Waals surface area contributed by atoms with Crippen molar-refractivity contribution < 1.29 is 71.9 Å². The lowest BCUT2D eigenvalue weighted by atomic mass is 9.81. The Kier molecular flexibility index (Phi) is 6.41. The SMILES string of the molecule is O=C1c2ccc3c4c(F)cc5c6c(ccc(c7c(F)cc(c2c37)C(=O)N1c1c(F)c(F)c(F)c(F)c1F)c64)C(=O)N(c1c(F)c(F)c(F)c(F)c1F)C5=O. The van der Waals surface area contributed by atoms with Crippen LogP contribution in [0.4, 0.5) is 64.1 Å². The largest absolute Gasteiger partial charge is 0.268 e. The summed E-state index contributed by atoms with van der Waals surface area (Å²) in [5, 5.41) is -3.21. The minimum Gasteiger partial charge on any atom is -0.268 e. The maximum atomic E-state index is 16.3. The number of hydrogen-bond donors (Lipinski definition) is 0. The van der Waals surface area contributed by atoms with Crippen LogP contribution >= 0.6 is 0 Å². The van der Waals surface area contributed by atoms with Crippen LogP contribution in [0, 0.1) is 69.8 Å². The number of halogens is 12. The molecule has 2 aliphatic rings. The normalized spacial score (nSPS) is 14.4. The van der Waals surface area contributed by atoms with Gasteiger partial charge in [0.15, 0.2) is 46.5 Å². The van der Waals surface area contributed by atoms with Gasteiger partial charge < -0.3 is 0 Å². The molecule has 0 spiro atoms. The summed E-state index contributed by atoms with van der Waals surface area (Å²) in [6.45, 7) is 0. The molecule has 6 nitrogen and oxygen atoms in total. The molecule has 0 radical (unpaired) electrons. The van der Waals surface area contributed by atoms with Crippen molar-refractivity contribution >= 4 is 78.1 Å². The van der Waals surface area contributed by atoms with Crippen LogP contribution in [-0.2, 0) is 0 Å². The van der Waals surface area contributed by atoms with Crippen LogP contribution in [0.15, 0.2) is 36.4 Å². The van der Waals surface area contributed by atoms with E-state index >= 15 is 8.78 Å². The molecule has 7 aromatic rings. The van der Waals surface area contributed by atoms with Gasteiger partial charge in [-0.1, -0.05) is 12.1 Å². The Morgan fingerprint density at radius 2 is 0.593 bits per heavy atom. The molecule has 0 atom stereocenters. The van der Waals surface area contributed by atoms with Crippen molar-refractivity contribution in [2.45, 2.75) is 0 Å². The molecule has 0 fully saturated rings. The van der Waals surface area contributed by atoms with Gasteiger partial charge in [-0.2, -0.15) is 0 Å². The van der Waals surface area contributed by atoms with Crippen molar-refractivity contribution in [3.8, 4) is 0 Å². The molecule has 0 aromatic heterocycles. The number of imide groups is 2. The van der Waals surface area contributed by atoms with E-state index in [1.54, 1.807) is 0 Å².